The summed E-state index contributed by atoms with van der Waals surface area (Å²) in [4.78, 5) is 0.457. The predicted octanol–water partition coefficient (Wildman–Crippen LogP) is 2.81. The van der Waals surface area contributed by atoms with Crippen molar-refractivity contribution in [2.24, 2.45) is 5.73 Å². The average molecular weight is 261 g/mol. The molecular formula is C12H17F2NOS. The molecule has 1 rings (SSSR count). The number of hydrogen-bond acceptors (Lipinski definition) is 3. The highest BCUT2D eigenvalue weighted by atomic mass is 32.2. The van der Waals surface area contributed by atoms with E-state index in [0.29, 0.717) is 23.8 Å². The van der Waals surface area contributed by atoms with Crippen molar-refractivity contribution < 1.29 is 13.5 Å². The van der Waals surface area contributed by atoms with Crippen LogP contribution in [0.4, 0.5) is 8.78 Å². The molecule has 0 spiro atoms. The summed E-state index contributed by atoms with van der Waals surface area (Å²) in [5.74, 6) is -0.374. The Kier molecular flexibility index (Phi) is 6.47. The number of rotatable bonds is 7. The molecule has 96 valence electrons. The van der Waals surface area contributed by atoms with Crippen LogP contribution in [0.3, 0.4) is 0 Å². The van der Waals surface area contributed by atoms with Crippen LogP contribution in [0.1, 0.15) is 13.3 Å². The second kappa shape index (κ2) is 7.63. The first-order valence-electron chi connectivity index (χ1n) is 5.57. The average Bonchev–Trinajstić information content (AvgIpc) is 2.30. The molecule has 0 aliphatic heterocycles. The number of benzene rings is 1. The molecule has 2 nitrogen and oxygen atoms in total. The van der Waals surface area contributed by atoms with Crippen LogP contribution < -0.4 is 5.73 Å². The monoisotopic (exact) mass is 261 g/mol. The van der Waals surface area contributed by atoms with Gasteiger partial charge in [-0.15, -0.1) is 11.8 Å². The molecule has 2 N–H and O–H groups in total. The first-order valence-corrected chi connectivity index (χ1v) is 6.55. The van der Waals surface area contributed by atoms with E-state index < -0.39 is 11.6 Å². The molecule has 0 bridgehead atoms. The maximum atomic E-state index is 13.3. The van der Waals surface area contributed by atoms with Crippen LogP contribution in [0.15, 0.2) is 23.1 Å². The van der Waals surface area contributed by atoms with Gasteiger partial charge in [0.25, 0.3) is 0 Å². The van der Waals surface area contributed by atoms with Crippen molar-refractivity contribution in [1.82, 2.24) is 0 Å². The summed E-state index contributed by atoms with van der Waals surface area (Å²) in [6.45, 7) is 2.99. The van der Waals surface area contributed by atoms with Gasteiger partial charge in [-0.1, -0.05) is 0 Å². The molecule has 0 aliphatic carbocycles. The highest BCUT2D eigenvalue weighted by Crippen LogP contribution is 2.23. The Bertz CT molecular complexity index is 349. The SMILES string of the molecule is CCOC(CN)CCSc1ccc(F)cc1F. The second-order valence-electron chi connectivity index (χ2n) is 3.52. The number of hydrogen-bond donors (Lipinski definition) is 1. The van der Waals surface area contributed by atoms with Crippen molar-refractivity contribution in [2.45, 2.75) is 24.3 Å². The van der Waals surface area contributed by atoms with Crippen molar-refractivity contribution in [3.8, 4) is 0 Å². The second-order valence-corrected chi connectivity index (χ2v) is 4.66. The molecule has 1 unspecified atom stereocenters. The fourth-order valence-corrected chi connectivity index (χ4v) is 2.36. The molecular weight excluding hydrogens is 244 g/mol. The smallest absolute Gasteiger partial charge is 0.139 e. The number of nitrogens with two attached hydrogens (primary N) is 1. The zero-order chi connectivity index (χ0) is 12.7. The van der Waals surface area contributed by atoms with Crippen LogP contribution in [-0.2, 0) is 4.74 Å². The van der Waals surface area contributed by atoms with Crippen LogP contribution in [0.2, 0.25) is 0 Å². The Hall–Kier alpha value is -0.650. The molecule has 0 heterocycles. The first kappa shape index (κ1) is 14.4. The Morgan fingerprint density at radius 2 is 2.18 bits per heavy atom. The van der Waals surface area contributed by atoms with E-state index in [2.05, 4.69) is 0 Å². The van der Waals surface area contributed by atoms with Crippen LogP contribution in [0.5, 0.6) is 0 Å². The molecule has 1 aromatic carbocycles. The van der Waals surface area contributed by atoms with Gasteiger partial charge >= 0.3 is 0 Å². The summed E-state index contributed by atoms with van der Waals surface area (Å²) in [5.41, 5.74) is 5.53. The van der Waals surface area contributed by atoms with Gasteiger partial charge in [0.1, 0.15) is 11.6 Å². The lowest BCUT2D eigenvalue weighted by atomic mass is 10.3. The minimum absolute atomic E-state index is 0.0102. The summed E-state index contributed by atoms with van der Waals surface area (Å²) in [5, 5.41) is 0. The van der Waals surface area contributed by atoms with Crippen LogP contribution in [0, 0.1) is 11.6 Å². The Morgan fingerprint density at radius 3 is 2.76 bits per heavy atom. The Labute approximate surface area is 105 Å². The largest absolute Gasteiger partial charge is 0.377 e. The van der Waals surface area contributed by atoms with Crippen molar-refractivity contribution in [3.05, 3.63) is 29.8 Å². The van der Waals surface area contributed by atoms with Gasteiger partial charge in [-0.3, -0.25) is 0 Å². The van der Waals surface area contributed by atoms with E-state index in [-0.39, 0.29) is 6.10 Å². The molecule has 17 heavy (non-hydrogen) atoms. The highest BCUT2D eigenvalue weighted by Gasteiger charge is 2.08. The quantitative estimate of drug-likeness (QED) is 0.767. The van der Waals surface area contributed by atoms with Gasteiger partial charge in [0.15, 0.2) is 0 Å². The molecule has 1 aromatic rings. The van der Waals surface area contributed by atoms with E-state index >= 15 is 0 Å². The third-order valence-corrected chi connectivity index (χ3v) is 3.34. The highest BCUT2D eigenvalue weighted by molar-refractivity contribution is 7.99. The van der Waals surface area contributed by atoms with E-state index in [0.717, 1.165) is 12.5 Å². The van der Waals surface area contributed by atoms with Gasteiger partial charge in [0, 0.05) is 29.9 Å². The van der Waals surface area contributed by atoms with Gasteiger partial charge in [0.05, 0.1) is 6.10 Å². The maximum absolute atomic E-state index is 13.3. The minimum Gasteiger partial charge on any atom is -0.377 e. The van der Waals surface area contributed by atoms with Gasteiger partial charge in [-0.05, 0) is 25.5 Å². The third-order valence-electron chi connectivity index (χ3n) is 2.26. The lowest BCUT2D eigenvalue weighted by molar-refractivity contribution is 0.0674. The normalized spacial score (nSPS) is 12.7. The van der Waals surface area contributed by atoms with Crippen LogP contribution in [0.25, 0.3) is 0 Å². The standard InChI is InChI=1S/C12H17F2NOS/c1-2-16-10(8-15)5-6-17-12-4-3-9(13)7-11(12)14/h3-4,7,10H,2,5-6,8,15H2,1H3. The molecule has 1 atom stereocenters. The minimum atomic E-state index is -0.555. The van der Waals surface area contributed by atoms with E-state index in [1.165, 1.54) is 23.9 Å². The summed E-state index contributed by atoms with van der Waals surface area (Å²) in [7, 11) is 0. The fourth-order valence-electron chi connectivity index (χ4n) is 1.40. The van der Waals surface area contributed by atoms with Crippen LogP contribution in [-0.4, -0.2) is 25.0 Å². The van der Waals surface area contributed by atoms with Crippen molar-refractivity contribution in [1.29, 1.82) is 0 Å². The fraction of sp³-hybridized carbons (Fsp3) is 0.500. The lowest BCUT2D eigenvalue weighted by Gasteiger charge is -2.14. The molecule has 5 heteroatoms. The van der Waals surface area contributed by atoms with E-state index in [1.807, 2.05) is 6.92 Å². The summed E-state index contributed by atoms with van der Waals surface area (Å²) < 4.78 is 31.3. The molecule has 0 amide bonds. The number of thioether (sulfide) groups is 1. The van der Waals surface area contributed by atoms with E-state index in [9.17, 15) is 8.78 Å². The van der Waals surface area contributed by atoms with Crippen molar-refractivity contribution in [2.75, 3.05) is 18.9 Å². The first-order chi connectivity index (χ1) is 8.17. The van der Waals surface area contributed by atoms with Gasteiger partial charge in [-0.2, -0.15) is 0 Å². The topological polar surface area (TPSA) is 35.2 Å². The Balaban J connectivity index is 2.39. The Morgan fingerprint density at radius 1 is 1.41 bits per heavy atom. The van der Waals surface area contributed by atoms with Crippen molar-refractivity contribution in [3.63, 3.8) is 0 Å². The summed E-state index contributed by atoms with van der Waals surface area (Å²) in [6.07, 6.45) is 0.766. The van der Waals surface area contributed by atoms with E-state index in [4.69, 9.17) is 10.5 Å². The third kappa shape index (κ3) is 5.02. The van der Waals surface area contributed by atoms with Gasteiger partial charge in [0.2, 0.25) is 0 Å². The molecule has 0 fully saturated rings. The summed E-state index contributed by atoms with van der Waals surface area (Å²) >= 11 is 1.35. The lowest BCUT2D eigenvalue weighted by Crippen LogP contribution is -2.24. The number of halogens is 2. The molecule has 0 aromatic heterocycles. The van der Waals surface area contributed by atoms with Gasteiger partial charge < -0.3 is 10.5 Å². The van der Waals surface area contributed by atoms with Crippen molar-refractivity contribution >= 4 is 11.8 Å². The summed E-state index contributed by atoms with van der Waals surface area (Å²) in [6, 6.07) is 3.60. The predicted molar refractivity (Wildman–Crippen MR) is 66.2 cm³/mol. The zero-order valence-electron chi connectivity index (χ0n) is 9.79. The van der Waals surface area contributed by atoms with Crippen LogP contribution >= 0.6 is 11.8 Å². The molecule has 0 aliphatic rings. The van der Waals surface area contributed by atoms with E-state index in [1.54, 1.807) is 0 Å². The van der Waals surface area contributed by atoms with Gasteiger partial charge in [-0.25, -0.2) is 8.78 Å². The maximum Gasteiger partial charge on any atom is 0.139 e. The molecule has 0 radical (unpaired) electrons. The number of ether oxygens (including phenoxy) is 1. The zero-order valence-corrected chi connectivity index (χ0v) is 10.6. The molecule has 0 saturated carbocycles. The molecule has 0 saturated heterocycles.